The lowest BCUT2D eigenvalue weighted by atomic mass is 10.1. The predicted octanol–water partition coefficient (Wildman–Crippen LogP) is 4.71. The van der Waals surface area contributed by atoms with Gasteiger partial charge in [-0.3, -0.25) is 9.59 Å². The molecule has 0 saturated heterocycles. The first kappa shape index (κ1) is 26.1. The fraction of sp³-hybridized carbons (Fsp3) is 0.286. The maximum atomic E-state index is 12.5. The van der Waals surface area contributed by atoms with Crippen molar-refractivity contribution in [2.45, 2.75) is 36.5 Å². The molecule has 0 saturated carbocycles. The maximum Gasteiger partial charge on any atom is 0.343 e. The van der Waals surface area contributed by atoms with E-state index in [0.717, 1.165) is 40.3 Å². The number of ether oxygens (including phenoxy) is 2. The van der Waals surface area contributed by atoms with Crippen LogP contribution in [0.15, 0.2) is 56.0 Å². The highest BCUT2D eigenvalue weighted by molar-refractivity contribution is 8.00. The number of carbonyl (C=O) groups excluding carboxylic acids is 2. The second kappa shape index (κ2) is 11.1. The molecule has 6 rings (SSSR count). The Morgan fingerprint density at radius 1 is 0.816 bits per heavy atom. The zero-order valence-corrected chi connectivity index (χ0v) is 22.6. The fourth-order valence-corrected chi connectivity index (χ4v) is 6.88. The van der Waals surface area contributed by atoms with Crippen LogP contribution in [-0.2, 0) is 22.3 Å². The van der Waals surface area contributed by atoms with Gasteiger partial charge in [-0.15, -0.1) is 23.5 Å². The van der Waals surface area contributed by atoms with Crippen LogP contribution in [0.1, 0.15) is 45.7 Å². The lowest BCUT2D eigenvalue weighted by Crippen LogP contribution is -2.18. The SMILES string of the molecule is CCOC(=O)c1c[nH]c2cc3c(cc2c1=O)CCS3.CCOC(=O)c1c[nH]c2ccc3c(c2c1=O)SCC3. The van der Waals surface area contributed by atoms with Gasteiger partial charge in [-0.1, -0.05) is 6.07 Å². The number of rotatable bonds is 4. The minimum Gasteiger partial charge on any atom is -0.462 e. The van der Waals surface area contributed by atoms with Crippen molar-refractivity contribution >= 4 is 57.3 Å². The molecular weight excluding hydrogens is 524 g/mol. The van der Waals surface area contributed by atoms with Gasteiger partial charge in [-0.2, -0.15) is 0 Å². The molecule has 0 amide bonds. The minimum absolute atomic E-state index is 0.0694. The summed E-state index contributed by atoms with van der Waals surface area (Å²) in [7, 11) is 0. The van der Waals surface area contributed by atoms with Crippen LogP contribution < -0.4 is 10.9 Å². The highest BCUT2D eigenvalue weighted by Crippen LogP contribution is 2.35. The zero-order valence-electron chi connectivity index (χ0n) is 21.0. The number of hydrogen-bond acceptors (Lipinski definition) is 8. The van der Waals surface area contributed by atoms with Crippen LogP contribution in [0.2, 0.25) is 0 Å². The van der Waals surface area contributed by atoms with Crippen molar-refractivity contribution in [3.63, 3.8) is 0 Å². The number of carbonyl (C=O) groups is 2. The van der Waals surface area contributed by atoms with E-state index in [-0.39, 0.29) is 35.2 Å². The molecule has 0 radical (unpaired) electrons. The molecule has 8 nitrogen and oxygen atoms in total. The molecule has 0 atom stereocenters. The zero-order chi connectivity index (χ0) is 26.8. The molecule has 10 heteroatoms. The molecule has 0 unspecified atom stereocenters. The molecular formula is C28H26N2O6S2. The standard InChI is InChI=1S/2C14H13NO3S/c1-2-18-14(17)10-7-15-11-6-12-8(3-4-19-12)5-9(11)13(10)16;1-2-18-14(17)9-7-15-10-4-3-8-5-6-19-13(8)11(10)12(9)16/h5-7H,2-4H2,1H3,(H,15,16);3-4,7H,2,5-6H2,1H3,(H,15,16). The molecule has 2 aromatic heterocycles. The summed E-state index contributed by atoms with van der Waals surface area (Å²) in [5, 5.41) is 1.18. The van der Waals surface area contributed by atoms with Crippen molar-refractivity contribution in [3.8, 4) is 0 Å². The third-order valence-electron chi connectivity index (χ3n) is 6.38. The molecule has 2 N–H and O–H groups in total. The Bertz CT molecular complexity index is 1690. The number of hydrogen-bond donors (Lipinski definition) is 2. The van der Waals surface area contributed by atoms with Crippen LogP contribution in [-0.4, -0.2) is 46.6 Å². The molecule has 4 heterocycles. The van der Waals surface area contributed by atoms with Crippen molar-refractivity contribution < 1.29 is 19.1 Å². The Balaban J connectivity index is 0.000000155. The molecule has 0 fully saturated rings. The second-order valence-electron chi connectivity index (χ2n) is 8.68. The average Bonchev–Trinajstić information content (AvgIpc) is 3.58. The second-order valence-corrected chi connectivity index (χ2v) is 10.9. The fourth-order valence-electron chi connectivity index (χ4n) is 4.56. The van der Waals surface area contributed by atoms with Crippen molar-refractivity contribution in [3.05, 3.63) is 79.4 Å². The summed E-state index contributed by atoms with van der Waals surface area (Å²) in [5.74, 6) is 0.897. The van der Waals surface area contributed by atoms with E-state index < -0.39 is 11.9 Å². The summed E-state index contributed by atoms with van der Waals surface area (Å²) in [6, 6.07) is 7.82. The lowest BCUT2D eigenvalue weighted by Gasteiger charge is -2.06. The van der Waals surface area contributed by atoms with Crippen molar-refractivity contribution in [1.82, 2.24) is 9.97 Å². The Morgan fingerprint density at radius 3 is 2.16 bits per heavy atom. The van der Waals surface area contributed by atoms with Gasteiger partial charge in [-0.25, -0.2) is 9.59 Å². The Morgan fingerprint density at radius 2 is 1.45 bits per heavy atom. The molecule has 38 heavy (non-hydrogen) atoms. The normalized spacial score (nSPS) is 13.5. The highest BCUT2D eigenvalue weighted by Gasteiger charge is 2.21. The summed E-state index contributed by atoms with van der Waals surface area (Å²) in [5.41, 5.74) is 3.56. The first-order valence-corrected chi connectivity index (χ1v) is 14.4. The Hall–Kier alpha value is -3.50. The molecule has 4 aromatic rings. The largest absolute Gasteiger partial charge is 0.462 e. The van der Waals surface area contributed by atoms with Crippen LogP contribution in [0.5, 0.6) is 0 Å². The highest BCUT2D eigenvalue weighted by atomic mass is 32.2. The van der Waals surface area contributed by atoms with Gasteiger partial charge in [0.1, 0.15) is 11.1 Å². The van der Waals surface area contributed by atoms with Gasteiger partial charge in [0, 0.05) is 39.1 Å². The molecule has 0 spiro atoms. The molecule has 2 aliphatic rings. The van der Waals surface area contributed by atoms with E-state index in [1.807, 2.05) is 24.3 Å². The predicted molar refractivity (Wildman–Crippen MR) is 150 cm³/mol. The number of nitrogens with one attached hydrogen (secondary N) is 2. The average molecular weight is 551 g/mol. The van der Waals surface area contributed by atoms with Gasteiger partial charge >= 0.3 is 11.9 Å². The summed E-state index contributed by atoms with van der Waals surface area (Å²) in [6.45, 7) is 3.97. The third-order valence-corrected chi connectivity index (χ3v) is 8.64. The molecule has 0 bridgehead atoms. The van der Waals surface area contributed by atoms with E-state index in [1.54, 1.807) is 37.4 Å². The number of aryl methyl sites for hydroxylation is 2. The minimum atomic E-state index is -0.569. The number of aromatic nitrogens is 2. The van der Waals surface area contributed by atoms with Crippen molar-refractivity contribution in [2.24, 2.45) is 0 Å². The molecule has 2 aliphatic heterocycles. The van der Waals surface area contributed by atoms with Gasteiger partial charge in [0.05, 0.1) is 29.6 Å². The van der Waals surface area contributed by atoms with E-state index >= 15 is 0 Å². The van der Waals surface area contributed by atoms with Gasteiger partial charge < -0.3 is 19.4 Å². The first-order chi connectivity index (χ1) is 18.4. The Labute approximate surface area is 226 Å². The molecule has 0 aliphatic carbocycles. The van der Waals surface area contributed by atoms with Gasteiger partial charge in [-0.05, 0) is 56.0 Å². The van der Waals surface area contributed by atoms with E-state index in [1.165, 1.54) is 28.4 Å². The summed E-state index contributed by atoms with van der Waals surface area (Å²) >= 11 is 3.47. The lowest BCUT2D eigenvalue weighted by molar-refractivity contribution is 0.0515. The van der Waals surface area contributed by atoms with E-state index in [0.29, 0.717) is 10.8 Å². The van der Waals surface area contributed by atoms with E-state index in [2.05, 4.69) is 9.97 Å². The van der Waals surface area contributed by atoms with Gasteiger partial charge in [0.15, 0.2) is 0 Å². The van der Waals surface area contributed by atoms with Crippen molar-refractivity contribution in [1.29, 1.82) is 0 Å². The number of H-pyrrole nitrogens is 2. The van der Waals surface area contributed by atoms with Gasteiger partial charge in [0.2, 0.25) is 10.9 Å². The molecule has 196 valence electrons. The van der Waals surface area contributed by atoms with Crippen LogP contribution in [0.4, 0.5) is 0 Å². The monoisotopic (exact) mass is 550 g/mol. The van der Waals surface area contributed by atoms with Crippen molar-refractivity contribution in [2.75, 3.05) is 24.7 Å². The summed E-state index contributed by atoms with van der Waals surface area (Å²) in [4.78, 5) is 56.5. The smallest absolute Gasteiger partial charge is 0.343 e. The number of thioether (sulfide) groups is 2. The van der Waals surface area contributed by atoms with Crippen LogP contribution in [0.25, 0.3) is 21.8 Å². The number of fused-ring (bicyclic) bond motifs is 5. The molecule has 2 aromatic carbocycles. The van der Waals surface area contributed by atoms with E-state index in [9.17, 15) is 19.2 Å². The van der Waals surface area contributed by atoms with E-state index in [4.69, 9.17) is 9.47 Å². The number of esters is 2. The number of pyridine rings is 2. The quantitative estimate of drug-likeness (QED) is 0.351. The third kappa shape index (κ3) is 4.86. The number of aromatic amines is 2. The topological polar surface area (TPSA) is 118 Å². The van der Waals surface area contributed by atoms with Crippen LogP contribution in [0, 0.1) is 0 Å². The first-order valence-electron chi connectivity index (χ1n) is 12.4. The van der Waals surface area contributed by atoms with Crippen LogP contribution in [0.3, 0.4) is 0 Å². The maximum absolute atomic E-state index is 12.5. The van der Waals surface area contributed by atoms with Crippen LogP contribution >= 0.6 is 23.5 Å². The Kier molecular flexibility index (Phi) is 7.62. The summed E-state index contributed by atoms with van der Waals surface area (Å²) in [6.07, 6.45) is 4.82. The van der Waals surface area contributed by atoms with Gasteiger partial charge in [0.25, 0.3) is 0 Å². The number of benzene rings is 2. The summed E-state index contributed by atoms with van der Waals surface area (Å²) < 4.78 is 9.80.